The van der Waals surface area contributed by atoms with E-state index >= 15 is 0 Å². The van der Waals surface area contributed by atoms with Gasteiger partial charge in [-0.15, -0.1) is 0 Å². The molecular weight excluding hydrogens is 324 g/mol. The van der Waals surface area contributed by atoms with Crippen molar-refractivity contribution in [2.24, 2.45) is 0 Å². The molecule has 0 N–H and O–H groups in total. The Balaban J connectivity index is 2.09. The monoisotopic (exact) mass is 346 g/mol. The molecule has 2 aromatic carbocycles. The number of carbonyl (C=O) groups excluding carboxylic acids is 1. The van der Waals surface area contributed by atoms with Crippen LogP contribution in [-0.2, 0) is 11.2 Å². The van der Waals surface area contributed by atoms with Gasteiger partial charge < -0.3 is 23.7 Å². The van der Waals surface area contributed by atoms with E-state index in [0.29, 0.717) is 35.2 Å². The molecule has 0 aliphatic rings. The molecule has 0 saturated carbocycles. The number of rotatable bonds is 8. The van der Waals surface area contributed by atoms with E-state index in [0.717, 1.165) is 5.75 Å². The van der Waals surface area contributed by atoms with Crippen molar-refractivity contribution in [2.75, 3.05) is 27.9 Å². The highest BCUT2D eigenvalue weighted by molar-refractivity contribution is 5.76. The van der Waals surface area contributed by atoms with E-state index in [-0.39, 0.29) is 6.42 Å². The molecule has 2 rings (SSSR count). The van der Waals surface area contributed by atoms with Crippen molar-refractivity contribution in [3.63, 3.8) is 0 Å². The predicted octanol–water partition coefficient (Wildman–Crippen LogP) is 3.26. The predicted molar refractivity (Wildman–Crippen MR) is 93.0 cm³/mol. The lowest BCUT2D eigenvalue weighted by Gasteiger charge is -2.14. The molecule has 134 valence electrons. The first-order valence-electron chi connectivity index (χ1n) is 7.83. The Kier molecular flexibility index (Phi) is 6.51. The number of benzene rings is 2. The first-order valence-corrected chi connectivity index (χ1v) is 7.83. The van der Waals surface area contributed by atoms with E-state index in [2.05, 4.69) is 0 Å². The summed E-state index contributed by atoms with van der Waals surface area (Å²) >= 11 is 0. The average molecular weight is 346 g/mol. The largest absolute Gasteiger partial charge is 0.494 e. The summed E-state index contributed by atoms with van der Waals surface area (Å²) in [5.74, 6) is 2.26. The minimum Gasteiger partial charge on any atom is -0.494 e. The molecule has 0 fully saturated rings. The third-order valence-corrected chi connectivity index (χ3v) is 3.44. The van der Waals surface area contributed by atoms with E-state index in [4.69, 9.17) is 23.7 Å². The van der Waals surface area contributed by atoms with Crippen LogP contribution in [0.25, 0.3) is 0 Å². The van der Waals surface area contributed by atoms with E-state index in [9.17, 15) is 4.79 Å². The van der Waals surface area contributed by atoms with Crippen molar-refractivity contribution in [3.05, 3.63) is 42.0 Å². The number of esters is 1. The average Bonchev–Trinajstić information content (AvgIpc) is 2.62. The Bertz CT molecular complexity index is 683. The van der Waals surface area contributed by atoms with Crippen LogP contribution in [0.4, 0.5) is 0 Å². The van der Waals surface area contributed by atoms with Gasteiger partial charge in [0.2, 0.25) is 5.75 Å². The molecule has 0 aliphatic heterocycles. The summed E-state index contributed by atoms with van der Waals surface area (Å²) in [5.41, 5.74) is 0.699. The molecule has 0 aliphatic carbocycles. The first-order chi connectivity index (χ1) is 12.1. The van der Waals surface area contributed by atoms with Crippen molar-refractivity contribution < 1.29 is 28.5 Å². The summed E-state index contributed by atoms with van der Waals surface area (Å²) < 4.78 is 26.5. The third-order valence-electron chi connectivity index (χ3n) is 3.44. The normalized spacial score (nSPS) is 10.1. The fourth-order valence-electron chi connectivity index (χ4n) is 2.34. The van der Waals surface area contributed by atoms with E-state index < -0.39 is 5.97 Å². The number of hydrogen-bond donors (Lipinski definition) is 0. The van der Waals surface area contributed by atoms with Gasteiger partial charge in [0.15, 0.2) is 11.5 Å². The highest BCUT2D eigenvalue weighted by atomic mass is 16.5. The first kappa shape index (κ1) is 18.4. The number of carbonyl (C=O) groups is 1. The van der Waals surface area contributed by atoms with Crippen LogP contribution < -0.4 is 23.7 Å². The second kappa shape index (κ2) is 8.82. The lowest BCUT2D eigenvalue weighted by atomic mass is 10.1. The summed E-state index contributed by atoms with van der Waals surface area (Å²) in [7, 11) is 4.58. The van der Waals surface area contributed by atoms with Crippen LogP contribution >= 0.6 is 0 Å². The molecule has 6 nitrogen and oxygen atoms in total. The van der Waals surface area contributed by atoms with Crippen molar-refractivity contribution in [1.82, 2.24) is 0 Å². The number of ether oxygens (including phenoxy) is 5. The van der Waals surface area contributed by atoms with E-state index in [1.54, 1.807) is 36.4 Å². The Labute approximate surface area is 147 Å². The molecule has 0 radical (unpaired) electrons. The fourth-order valence-corrected chi connectivity index (χ4v) is 2.34. The summed E-state index contributed by atoms with van der Waals surface area (Å²) in [6.07, 6.45) is 0.0733. The zero-order valence-corrected chi connectivity index (χ0v) is 14.8. The fraction of sp³-hybridized carbons (Fsp3) is 0.316. The molecular formula is C19H22O6. The van der Waals surface area contributed by atoms with Gasteiger partial charge in [0, 0.05) is 0 Å². The second-order valence-electron chi connectivity index (χ2n) is 5.09. The van der Waals surface area contributed by atoms with E-state index in [1.807, 2.05) is 6.92 Å². The van der Waals surface area contributed by atoms with Crippen LogP contribution in [0.3, 0.4) is 0 Å². The van der Waals surface area contributed by atoms with Gasteiger partial charge in [0.1, 0.15) is 11.5 Å². The van der Waals surface area contributed by atoms with Gasteiger partial charge in [-0.2, -0.15) is 0 Å². The maximum absolute atomic E-state index is 12.2. The van der Waals surface area contributed by atoms with Gasteiger partial charge in [-0.3, -0.25) is 4.79 Å². The Morgan fingerprint density at radius 2 is 1.44 bits per heavy atom. The minimum atomic E-state index is -0.390. The van der Waals surface area contributed by atoms with Gasteiger partial charge in [0.25, 0.3) is 0 Å². The molecule has 0 unspecified atom stereocenters. The van der Waals surface area contributed by atoms with Gasteiger partial charge in [-0.1, -0.05) is 0 Å². The second-order valence-corrected chi connectivity index (χ2v) is 5.09. The molecule has 2 aromatic rings. The molecule has 0 saturated heterocycles. The SMILES string of the molecule is CCOc1ccc(OC(=O)Cc2cc(OC)c(OC)c(OC)c2)cc1. The maximum Gasteiger partial charge on any atom is 0.315 e. The molecule has 6 heteroatoms. The Hall–Kier alpha value is -2.89. The molecule has 25 heavy (non-hydrogen) atoms. The van der Waals surface area contributed by atoms with Gasteiger partial charge in [-0.25, -0.2) is 0 Å². The van der Waals surface area contributed by atoms with Crippen molar-refractivity contribution >= 4 is 5.97 Å². The summed E-state index contributed by atoms with van der Waals surface area (Å²) in [6.45, 7) is 2.49. The van der Waals surface area contributed by atoms with Crippen LogP contribution in [-0.4, -0.2) is 33.9 Å². The third kappa shape index (κ3) is 4.79. The molecule has 0 amide bonds. The van der Waals surface area contributed by atoms with E-state index in [1.165, 1.54) is 21.3 Å². The zero-order valence-electron chi connectivity index (χ0n) is 14.8. The standard InChI is InChI=1S/C19H22O6/c1-5-24-14-6-8-15(9-7-14)25-18(20)12-13-10-16(21-2)19(23-4)17(11-13)22-3/h6-11H,5,12H2,1-4H3. The molecule has 0 bridgehead atoms. The minimum absolute atomic E-state index is 0.0733. The Morgan fingerprint density at radius 1 is 0.880 bits per heavy atom. The quantitative estimate of drug-likeness (QED) is 0.540. The topological polar surface area (TPSA) is 63.2 Å². The van der Waals surface area contributed by atoms with Crippen LogP contribution in [0.15, 0.2) is 36.4 Å². The van der Waals surface area contributed by atoms with Crippen molar-refractivity contribution in [3.8, 4) is 28.7 Å². The molecule has 0 heterocycles. The summed E-state index contributed by atoms with van der Waals surface area (Å²) in [6, 6.07) is 10.3. The van der Waals surface area contributed by atoms with Gasteiger partial charge in [-0.05, 0) is 48.9 Å². The molecule has 0 aromatic heterocycles. The van der Waals surface area contributed by atoms with Gasteiger partial charge >= 0.3 is 5.97 Å². The summed E-state index contributed by atoms with van der Waals surface area (Å²) in [5, 5.41) is 0. The van der Waals surface area contributed by atoms with Crippen molar-refractivity contribution in [2.45, 2.75) is 13.3 Å². The van der Waals surface area contributed by atoms with Crippen LogP contribution in [0.5, 0.6) is 28.7 Å². The summed E-state index contributed by atoms with van der Waals surface area (Å²) in [4.78, 5) is 12.2. The molecule has 0 spiro atoms. The van der Waals surface area contributed by atoms with Crippen molar-refractivity contribution in [1.29, 1.82) is 0 Å². The lowest BCUT2D eigenvalue weighted by molar-refractivity contribution is -0.133. The highest BCUT2D eigenvalue weighted by Gasteiger charge is 2.15. The lowest BCUT2D eigenvalue weighted by Crippen LogP contribution is -2.11. The smallest absolute Gasteiger partial charge is 0.315 e. The maximum atomic E-state index is 12.2. The number of hydrogen-bond acceptors (Lipinski definition) is 6. The highest BCUT2D eigenvalue weighted by Crippen LogP contribution is 2.38. The number of methoxy groups -OCH3 is 3. The van der Waals surface area contributed by atoms with Crippen LogP contribution in [0.1, 0.15) is 12.5 Å². The molecule has 0 atom stereocenters. The zero-order chi connectivity index (χ0) is 18.2. The van der Waals surface area contributed by atoms with Gasteiger partial charge in [0.05, 0.1) is 34.4 Å². The van der Waals surface area contributed by atoms with Crippen LogP contribution in [0.2, 0.25) is 0 Å². The van der Waals surface area contributed by atoms with Crippen LogP contribution in [0, 0.1) is 0 Å². The Morgan fingerprint density at radius 3 is 1.92 bits per heavy atom.